The van der Waals surface area contributed by atoms with E-state index in [9.17, 15) is 4.79 Å². The SMILES string of the molecule is CCCC(CCO)CNC(=O)C(C)(C)c1ccccc1. The van der Waals surface area contributed by atoms with Crippen molar-refractivity contribution >= 4 is 5.91 Å². The van der Waals surface area contributed by atoms with Gasteiger partial charge in [-0.25, -0.2) is 0 Å². The second-order valence-corrected chi connectivity index (χ2v) is 5.87. The van der Waals surface area contributed by atoms with Crippen LogP contribution in [0.4, 0.5) is 0 Å². The lowest BCUT2D eigenvalue weighted by molar-refractivity contribution is -0.125. The number of aliphatic hydroxyl groups is 1. The monoisotopic (exact) mass is 277 g/mol. The Morgan fingerprint density at radius 3 is 2.45 bits per heavy atom. The molecule has 0 aliphatic heterocycles. The van der Waals surface area contributed by atoms with Crippen molar-refractivity contribution in [3.63, 3.8) is 0 Å². The molecule has 1 atom stereocenters. The molecular weight excluding hydrogens is 250 g/mol. The van der Waals surface area contributed by atoms with E-state index in [-0.39, 0.29) is 12.5 Å². The highest BCUT2D eigenvalue weighted by Gasteiger charge is 2.29. The molecule has 1 aromatic carbocycles. The molecule has 3 nitrogen and oxygen atoms in total. The number of nitrogens with one attached hydrogen (secondary N) is 1. The van der Waals surface area contributed by atoms with Crippen molar-refractivity contribution in [3.8, 4) is 0 Å². The lowest BCUT2D eigenvalue weighted by atomic mass is 9.83. The van der Waals surface area contributed by atoms with Crippen molar-refractivity contribution in [3.05, 3.63) is 35.9 Å². The summed E-state index contributed by atoms with van der Waals surface area (Å²) >= 11 is 0. The van der Waals surface area contributed by atoms with Gasteiger partial charge in [0.1, 0.15) is 0 Å². The Balaban J connectivity index is 2.61. The van der Waals surface area contributed by atoms with Crippen LogP contribution in [0.5, 0.6) is 0 Å². The lowest BCUT2D eigenvalue weighted by Crippen LogP contribution is -2.42. The normalized spacial score (nSPS) is 13.0. The van der Waals surface area contributed by atoms with Gasteiger partial charge in [-0.3, -0.25) is 4.79 Å². The minimum atomic E-state index is -0.531. The maximum absolute atomic E-state index is 12.4. The van der Waals surface area contributed by atoms with Gasteiger partial charge in [0, 0.05) is 13.2 Å². The zero-order valence-electron chi connectivity index (χ0n) is 12.9. The van der Waals surface area contributed by atoms with Gasteiger partial charge < -0.3 is 10.4 Å². The molecule has 1 amide bonds. The van der Waals surface area contributed by atoms with Gasteiger partial charge >= 0.3 is 0 Å². The largest absolute Gasteiger partial charge is 0.396 e. The van der Waals surface area contributed by atoms with E-state index in [1.807, 2.05) is 44.2 Å². The number of carbonyl (C=O) groups excluding carboxylic acids is 1. The second kappa shape index (κ2) is 8.05. The molecule has 0 aliphatic carbocycles. The van der Waals surface area contributed by atoms with Crippen molar-refractivity contribution < 1.29 is 9.90 Å². The van der Waals surface area contributed by atoms with Crippen LogP contribution in [0.25, 0.3) is 0 Å². The van der Waals surface area contributed by atoms with Gasteiger partial charge in [-0.2, -0.15) is 0 Å². The number of rotatable bonds is 8. The first-order valence-corrected chi connectivity index (χ1v) is 7.47. The molecule has 0 heterocycles. The number of hydrogen-bond acceptors (Lipinski definition) is 2. The maximum Gasteiger partial charge on any atom is 0.230 e. The van der Waals surface area contributed by atoms with Crippen LogP contribution in [-0.2, 0) is 10.2 Å². The van der Waals surface area contributed by atoms with E-state index in [1.54, 1.807) is 0 Å². The van der Waals surface area contributed by atoms with Crippen LogP contribution in [0, 0.1) is 5.92 Å². The smallest absolute Gasteiger partial charge is 0.230 e. The highest BCUT2D eigenvalue weighted by molar-refractivity contribution is 5.87. The Morgan fingerprint density at radius 1 is 1.25 bits per heavy atom. The molecule has 112 valence electrons. The highest BCUT2D eigenvalue weighted by atomic mass is 16.3. The summed E-state index contributed by atoms with van der Waals surface area (Å²) in [5, 5.41) is 12.1. The van der Waals surface area contributed by atoms with E-state index < -0.39 is 5.41 Å². The van der Waals surface area contributed by atoms with Crippen molar-refractivity contribution in [1.82, 2.24) is 5.32 Å². The summed E-state index contributed by atoms with van der Waals surface area (Å²) in [6, 6.07) is 9.83. The fourth-order valence-corrected chi connectivity index (χ4v) is 2.38. The second-order valence-electron chi connectivity index (χ2n) is 5.87. The highest BCUT2D eigenvalue weighted by Crippen LogP contribution is 2.23. The summed E-state index contributed by atoms with van der Waals surface area (Å²) in [5.41, 5.74) is 0.490. The van der Waals surface area contributed by atoms with Gasteiger partial charge in [0.2, 0.25) is 5.91 Å². The third-order valence-corrected chi connectivity index (χ3v) is 3.85. The van der Waals surface area contributed by atoms with Crippen molar-refractivity contribution in [1.29, 1.82) is 0 Å². The fraction of sp³-hybridized carbons (Fsp3) is 0.588. The van der Waals surface area contributed by atoms with Crippen LogP contribution in [0.1, 0.15) is 45.6 Å². The first kappa shape index (κ1) is 16.7. The van der Waals surface area contributed by atoms with Crippen LogP contribution < -0.4 is 5.32 Å². The van der Waals surface area contributed by atoms with Crippen LogP contribution in [0.2, 0.25) is 0 Å². The van der Waals surface area contributed by atoms with E-state index in [0.717, 1.165) is 24.8 Å². The van der Waals surface area contributed by atoms with E-state index in [0.29, 0.717) is 12.5 Å². The summed E-state index contributed by atoms with van der Waals surface area (Å²) in [4.78, 5) is 12.4. The molecule has 1 rings (SSSR count). The molecule has 0 spiro atoms. The quantitative estimate of drug-likeness (QED) is 0.767. The van der Waals surface area contributed by atoms with E-state index in [4.69, 9.17) is 5.11 Å². The van der Waals surface area contributed by atoms with Crippen molar-refractivity contribution in [2.75, 3.05) is 13.2 Å². The number of benzene rings is 1. The maximum atomic E-state index is 12.4. The van der Waals surface area contributed by atoms with Crippen LogP contribution >= 0.6 is 0 Å². The molecule has 1 unspecified atom stereocenters. The number of carbonyl (C=O) groups is 1. The molecule has 1 aromatic rings. The molecule has 0 aliphatic rings. The third kappa shape index (κ3) is 4.64. The van der Waals surface area contributed by atoms with Gasteiger partial charge in [-0.1, -0.05) is 43.7 Å². The van der Waals surface area contributed by atoms with Crippen molar-refractivity contribution in [2.24, 2.45) is 5.92 Å². The van der Waals surface area contributed by atoms with Gasteiger partial charge in [-0.05, 0) is 38.2 Å². The van der Waals surface area contributed by atoms with Gasteiger partial charge in [0.25, 0.3) is 0 Å². The first-order valence-electron chi connectivity index (χ1n) is 7.47. The molecule has 0 fully saturated rings. The number of hydrogen-bond donors (Lipinski definition) is 2. The Morgan fingerprint density at radius 2 is 1.90 bits per heavy atom. The van der Waals surface area contributed by atoms with Crippen LogP contribution in [0.3, 0.4) is 0 Å². The van der Waals surface area contributed by atoms with Crippen LogP contribution in [0.15, 0.2) is 30.3 Å². The van der Waals surface area contributed by atoms with Gasteiger partial charge in [0.05, 0.1) is 5.41 Å². The van der Waals surface area contributed by atoms with E-state index >= 15 is 0 Å². The zero-order valence-corrected chi connectivity index (χ0v) is 12.9. The third-order valence-electron chi connectivity index (χ3n) is 3.85. The molecule has 0 bridgehead atoms. The average molecular weight is 277 g/mol. The number of aliphatic hydroxyl groups excluding tert-OH is 1. The first-order chi connectivity index (χ1) is 9.52. The Bertz CT molecular complexity index is 395. The fourth-order valence-electron chi connectivity index (χ4n) is 2.38. The minimum absolute atomic E-state index is 0.0442. The summed E-state index contributed by atoms with van der Waals surface area (Å²) in [7, 11) is 0. The minimum Gasteiger partial charge on any atom is -0.396 e. The number of amides is 1. The molecule has 3 heteroatoms. The van der Waals surface area contributed by atoms with Crippen molar-refractivity contribution in [2.45, 2.75) is 45.4 Å². The van der Waals surface area contributed by atoms with Crippen LogP contribution in [-0.4, -0.2) is 24.2 Å². The standard InChI is InChI=1S/C17H27NO2/c1-4-8-14(11-12-19)13-18-16(20)17(2,3)15-9-6-5-7-10-15/h5-7,9-10,14,19H,4,8,11-13H2,1-3H3,(H,18,20). The van der Waals surface area contributed by atoms with E-state index in [2.05, 4.69) is 12.2 Å². The molecule has 2 N–H and O–H groups in total. The molecular formula is C17H27NO2. The molecule has 0 saturated carbocycles. The molecule has 0 aromatic heterocycles. The molecule has 20 heavy (non-hydrogen) atoms. The van der Waals surface area contributed by atoms with E-state index in [1.165, 1.54) is 0 Å². The summed E-state index contributed by atoms with van der Waals surface area (Å²) in [6.45, 7) is 6.84. The predicted molar refractivity (Wildman–Crippen MR) is 82.6 cm³/mol. The molecule has 0 saturated heterocycles. The average Bonchev–Trinajstić information content (AvgIpc) is 2.45. The Kier molecular flexibility index (Phi) is 6.73. The summed E-state index contributed by atoms with van der Waals surface area (Å²) < 4.78 is 0. The molecule has 0 radical (unpaired) electrons. The summed E-state index contributed by atoms with van der Waals surface area (Å²) in [6.07, 6.45) is 2.86. The topological polar surface area (TPSA) is 49.3 Å². The summed E-state index contributed by atoms with van der Waals surface area (Å²) in [5.74, 6) is 0.406. The lowest BCUT2D eigenvalue weighted by Gasteiger charge is -2.26. The Labute approximate surface area is 122 Å². The van der Waals surface area contributed by atoms with Gasteiger partial charge in [-0.15, -0.1) is 0 Å². The zero-order chi connectivity index (χ0) is 15.0. The van der Waals surface area contributed by atoms with Gasteiger partial charge in [0.15, 0.2) is 0 Å². The predicted octanol–water partition coefficient (Wildman–Crippen LogP) is 2.88. The Hall–Kier alpha value is -1.35.